The molecule has 3 rings (SSSR count). The molecule has 1 aliphatic carbocycles. The van der Waals surface area contributed by atoms with E-state index in [1.165, 1.54) is 17.4 Å². The van der Waals surface area contributed by atoms with Crippen LogP contribution in [0.4, 0.5) is 0 Å². The molecular formula is C17H21N3O3S. The van der Waals surface area contributed by atoms with Crippen LogP contribution in [0.3, 0.4) is 0 Å². The zero-order valence-electron chi connectivity index (χ0n) is 13.6. The average Bonchev–Trinajstić information content (AvgIpc) is 3.39. The number of ether oxygens (including phenoxy) is 1. The number of nitrogens with one attached hydrogen (secondary N) is 2. The fraction of sp³-hybridized carbons (Fsp3) is 0.471. The van der Waals surface area contributed by atoms with Gasteiger partial charge in [0.05, 0.1) is 10.9 Å². The highest BCUT2D eigenvalue weighted by Crippen LogP contribution is 2.28. The van der Waals surface area contributed by atoms with Gasteiger partial charge in [0.2, 0.25) is 0 Å². The smallest absolute Gasteiger partial charge is 0.261 e. The van der Waals surface area contributed by atoms with Crippen molar-refractivity contribution in [1.82, 2.24) is 14.9 Å². The van der Waals surface area contributed by atoms with Crippen molar-refractivity contribution in [2.75, 3.05) is 19.8 Å². The fourth-order valence-electron chi connectivity index (χ4n) is 2.46. The summed E-state index contributed by atoms with van der Waals surface area (Å²) >= 11 is 5.10. The van der Waals surface area contributed by atoms with Crippen LogP contribution in [-0.4, -0.2) is 35.2 Å². The first-order valence-electron chi connectivity index (χ1n) is 8.15. The highest BCUT2D eigenvalue weighted by atomic mass is 32.1. The minimum absolute atomic E-state index is 0.168. The van der Waals surface area contributed by atoms with Gasteiger partial charge in [-0.25, -0.2) is 0 Å². The van der Waals surface area contributed by atoms with Crippen molar-refractivity contribution in [3.05, 3.63) is 38.9 Å². The monoisotopic (exact) mass is 347 g/mol. The summed E-state index contributed by atoms with van der Waals surface area (Å²) in [5.41, 5.74) is 0.900. The fourth-order valence-corrected chi connectivity index (χ4v) is 2.65. The van der Waals surface area contributed by atoms with Crippen molar-refractivity contribution in [2.45, 2.75) is 19.3 Å². The normalized spacial score (nSPS) is 14.0. The molecule has 0 atom stereocenters. The van der Waals surface area contributed by atoms with E-state index in [-0.39, 0.29) is 11.5 Å². The largest absolute Gasteiger partial charge is 0.381 e. The molecule has 7 heteroatoms. The standard InChI is InChI=1S/C17H21N3O3S/c1-20-16(22)13-6-5-12(9-14(13)19-17(20)24)15(21)18-7-2-8-23-10-11-3-4-11/h5-6,9,11H,2-4,7-8,10H2,1H3,(H,18,21)(H,19,24). The SMILES string of the molecule is Cn1c(=S)[nH]c2cc(C(=O)NCCCOCC3CC3)ccc2c1=O. The molecule has 0 aliphatic heterocycles. The van der Waals surface area contributed by atoms with Crippen molar-refractivity contribution in [3.8, 4) is 0 Å². The Morgan fingerprint density at radius 2 is 2.25 bits per heavy atom. The Kier molecular flexibility index (Phi) is 5.11. The van der Waals surface area contributed by atoms with Crippen LogP contribution in [0.25, 0.3) is 10.9 Å². The molecule has 1 aromatic heterocycles. The van der Waals surface area contributed by atoms with E-state index < -0.39 is 0 Å². The molecule has 1 aromatic carbocycles. The topological polar surface area (TPSA) is 76.1 Å². The highest BCUT2D eigenvalue weighted by Gasteiger charge is 2.20. The minimum atomic E-state index is -0.173. The summed E-state index contributed by atoms with van der Waals surface area (Å²) < 4.78 is 7.24. The molecule has 0 bridgehead atoms. The third kappa shape index (κ3) is 3.91. The summed E-state index contributed by atoms with van der Waals surface area (Å²) in [6.45, 7) is 2.07. The number of aromatic amines is 1. The van der Waals surface area contributed by atoms with Crippen LogP contribution in [0.2, 0.25) is 0 Å². The van der Waals surface area contributed by atoms with Gasteiger partial charge in [0.15, 0.2) is 4.77 Å². The van der Waals surface area contributed by atoms with Gasteiger partial charge in [-0.3, -0.25) is 14.2 Å². The Hall–Kier alpha value is -1.99. The van der Waals surface area contributed by atoms with Gasteiger partial charge in [-0.05, 0) is 55.6 Å². The Balaban J connectivity index is 1.59. The third-order valence-corrected chi connectivity index (χ3v) is 4.54. The Morgan fingerprint density at radius 3 is 3.00 bits per heavy atom. The predicted octanol–water partition coefficient (Wildman–Crippen LogP) is 2.14. The number of hydrogen-bond donors (Lipinski definition) is 2. The lowest BCUT2D eigenvalue weighted by Crippen LogP contribution is -2.25. The molecule has 24 heavy (non-hydrogen) atoms. The van der Waals surface area contributed by atoms with E-state index in [0.717, 1.165) is 18.9 Å². The van der Waals surface area contributed by atoms with Crippen molar-refractivity contribution in [2.24, 2.45) is 13.0 Å². The van der Waals surface area contributed by atoms with E-state index in [2.05, 4.69) is 10.3 Å². The second-order valence-electron chi connectivity index (χ2n) is 6.18. The summed E-state index contributed by atoms with van der Waals surface area (Å²) in [4.78, 5) is 27.3. The van der Waals surface area contributed by atoms with Crippen molar-refractivity contribution >= 4 is 29.0 Å². The van der Waals surface area contributed by atoms with Crippen molar-refractivity contribution in [1.29, 1.82) is 0 Å². The third-order valence-electron chi connectivity index (χ3n) is 4.16. The minimum Gasteiger partial charge on any atom is -0.381 e. The van der Waals surface area contributed by atoms with Crippen LogP contribution >= 0.6 is 12.2 Å². The van der Waals surface area contributed by atoms with Gasteiger partial charge in [-0.1, -0.05) is 0 Å². The quantitative estimate of drug-likeness (QED) is 0.594. The van der Waals surface area contributed by atoms with E-state index in [9.17, 15) is 9.59 Å². The number of nitrogens with zero attached hydrogens (tertiary/aromatic N) is 1. The van der Waals surface area contributed by atoms with Crippen molar-refractivity contribution in [3.63, 3.8) is 0 Å². The number of carbonyl (C=O) groups excluding carboxylic acids is 1. The van der Waals surface area contributed by atoms with Gasteiger partial charge in [-0.2, -0.15) is 0 Å². The first-order chi connectivity index (χ1) is 11.6. The second-order valence-corrected chi connectivity index (χ2v) is 6.57. The van der Waals surface area contributed by atoms with Gasteiger partial charge in [0.1, 0.15) is 0 Å². The number of aromatic nitrogens is 2. The number of H-pyrrole nitrogens is 1. The lowest BCUT2D eigenvalue weighted by atomic mass is 10.1. The van der Waals surface area contributed by atoms with E-state index in [0.29, 0.717) is 34.4 Å². The van der Waals surface area contributed by atoms with Crippen LogP contribution < -0.4 is 10.9 Å². The number of amides is 1. The summed E-state index contributed by atoms with van der Waals surface area (Å²) in [5, 5.41) is 3.38. The van der Waals surface area contributed by atoms with Crippen LogP contribution in [0, 0.1) is 10.7 Å². The Labute approximate surface area is 144 Å². The molecule has 128 valence electrons. The van der Waals surface area contributed by atoms with Crippen molar-refractivity contribution < 1.29 is 9.53 Å². The molecule has 1 amide bonds. The number of hydrogen-bond acceptors (Lipinski definition) is 4. The van der Waals surface area contributed by atoms with Crippen LogP contribution in [0.1, 0.15) is 29.6 Å². The first kappa shape index (κ1) is 16.9. The maximum absolute atomic E-state index is 12.2. The molecule has 0 saturated heterocycles. The molecule has 0 unspecified atom stereocenters. The Morgan fingerprint density at radius 1 is 1.46 bits per heavy atom. The molecule has 2 aromatic rings. The average molecular weight is 347 g/mol. The zero-order valence-corrected chi connectivity index (χ0v) is 14.4. The molecule has 1 aliphatic rings. The molecule has 1 saturated carbocycles. The van der Waals surface area contributed by atoms with E-state index in [4.69, 9.17) is 17.0 Å². The molecule has 0 spiro atoms. The maximum Gasteiger partial charge on any atom is 0.261 e. The van der Waals surface area contributed by atoms with E-state index in [1.54, 1.807) is 25.2 Å². The van der Waals surface area contributed by atoms with Crippen LogP contribution in [0.5, 0.6) is 0 Å². The molecule has 6 nitrogen and oxygen atoms in total. The van der Waals surface area contributed by atoms with Gasteiger partial charge in [0, 0.05) is 32.4 Å². The maximum atomic E-state index is 12.2. The summed E-state index contributed by atoms with van der Waals surface area (Å²) in [6.07, 6.45) is 3.35. The van der Waals surface area contributed by atoms with E-state index >= 15 is 0 Å². The number of benzene rings is 1. The summed E-state index contributed by atoms with van der Waals surface area (Å²) in [6, 6.07) is 4.96. The molecule has 1 fully saturated rings. The second kappa shape index (κ2) is 7.27. The predicted molar refractivity (Wildman–Crippen MR) is 94.9 cm³/mol. The lowest BCUT2D eigenvalue weighted by molar-refractivity contribution is 0.0937. The van der Waals surface area contributed by atoms with Gasteiger partial charge < -0.3 is 15.0 Å². The lowest BCUT2D eigenvalue weighted by Gasteiger charge is -2.07. The first-order valence-corrected chi connectivity index (χ1v) is 8.56. The summed E-state index contributed by atoms with van der Waals surface area (Å²) in [5.74, 6) is 0.592. The highest BCUT2D eigenvalue weighted by molar-refractivity contribution is 7.71. The van der Waals surface area contributed by atoms with Crippen LogP contribution in [0.15, 0.2) is 23.0 Å². The zero-order chi connectivity index (χ0) is 17.1. The van der Waals surface area contributed by atoms with Crippen LogP contribution in [-0.2, 0) is 11.8 Å². The summed E-state index contributed by atoms with van der Waals surface area (Å²) in [7, 11) is 1.62. The van der Waals surface area contributed by atoms with Gasteiger partial charge in [0.25, 0.3) is 11.5 Å². The Bertz CT molecular complexity index is 867. The van der Waals surface area contributed by atoms with Gasteiger partial charge >= 0.3 is 0 Å². The number of rotatable bonds is 7. The molecule has 2 N–H and O–H groups in total. The molecule has 0 radical (unpaired) electrons. The molecule has 1 heterocycles. The number of fused-ring (bicyclic) bond motifs is 1. The molecular weight excluding hydrogens is 326 g/mol. The number of carbonyl (C=O) groups is 1. The van der Waals surface area contributed by atoms with Gasteiger partial charge in [-0.15, -0.1) is 0 Å². The van der Waals surface area contributed by atoms with E-state index in [1.807, 2.05) is 0 Å².